The molecule has 0 radical (unpaired) electrons. The van der Waals surface area contributed by atoms with E-state index < -0.39 is 0 Å². The summed E-state index contributed by atoms with van der Waals surface area (Å²) in [4.78, 5) is 0. The zero-order chi connectivity index (χ0) is 17.8. The van der Waals surface area contributed by atoms with Crippen LogP contribution in [0.25, 0.3) is 0 Å². The Balaban J connectivity index is 0.000000188. The highest BCUT2D eigenvalue weighted by Crippen LogP contribution is 2.52. The lowest BCUT2D eigenvalue weighted by Crippen LogP contribution is -2.40. The average molecular weight is 353 g/mol. The molecule has 0 amide bonds. The van der Waals surface area contributed by atoms with Gasteiger partial charge in [-0.2, -0.15) is 0 Å². The third-order valence-corrected chi connectivity index (χ3v) is 7.88. The molecule has 8 atom stereocenters. The van der Waals surface area contributed by atoms with Gasteiger partial charge in [0.05, 0.1) is 18.3 Å². The lowest BCUT2D eigenvalue weighted by molar-refractivity contribution is -0.0370. The highest BCUT2D eigenvalue weighted by Gasteiger charge is 2.48. The van der Waals surface area contributed by atoms with Crippen molar-refractivity contribution in [2.75, 3.05) is 7.11 Å². The molecule has 4 saturated carbocycles. The Morgan fingerprint density at radius 2 is 1.76 bits per heavy atom. The number of ether oxygens (including phenoxy) is 1. The van der Waals surface area contributed by atoms with Crippen molar-refractivity contribution in [1.29, 1.82) is 0 Å². The zero-order valence-corrected chi connectivity index (χ0v) is 16.4. The monoisotopic (exact) mass is 352 g/mol. The molecule has 0 bridgehead atoms. The van der Waals surface area contributed by atoms with Gasteiger partial charge in [-0.3, -0.25) is 0 Å². The van der Waals surface area contributed by atoms with Gasteiger partial charge in [-0.05, 0) is 81.0 Å². The van der Waals surface area contributed by atoms with Crippen LogP contribution in [0.3, 0.4) is 0 Å². The van der Waals surface area contributed by atoms with Gasteiger partial charge >= 0.3 is 0 Å². The van der Waals surface area contributed by atoms with E-state index in [9.17, 15) is 5.11 Å². The molecule has 3 nitrogen and oxygen atoms in total. The fraction of sp³-hybridized carbons (Fsp3) is 1.00. The molecular formula is C22H40O3. The zero-order valence-electron chi connectivity index (χ0n) is 16.4. The molecule has 0 aromatic rings. The third-order valence-electron chi connectivity index (χ3n) is 7.88. The Bertz CT molecular complexity index is 395. The number of aliphatic hydroxyl groups is 2. The lowest BCUT2D eigenvalue weighted by Gasteiger charge is -2.40. The van der Waals surface area contributed by atoms with Crippen LogP contribution in [0.4, 0.5) is 0 Å². The number of hydrogen-bond donors (Lipinski definition) is 2. The summed E-state index contributed by atoms with van der Waals surface area (Å²) in [6.07, 6.45) is 15.8. The van der Waals surface area contributed by atoms with Gasteiger partial charge in [-0.15, -0.1) is 0 Å². The van der Waals surface area contributed by atoms with E-state index in [2.05, 4.69) is 6.92 Å². The summed E-state index contributed by atoms with van der Waals surface area (Å²) in [5.74, 6) is 4.00. The highest BCUT2D eigenvalue weighted by molar-refractivity contribution is 4.98. The van der Waals surface area contributed by atoms with Crippen molar-refractivity contribution in [3.63, 3.8) is 0 Å². The average Bonchev–Trinajstić information content (AvgIpc) is 3.14. The Kier molecular flexibility index (Phi) is 7.22. The van der Waals surface area contributed by atoms with Crippen molar-refractivity contribution in [2.45, 2.75) is 102 Å². The Morgan fingerprint density at radius 3 is 2.36 bits per heavy atom. The minimum atomic E-state index is 0.0369. The van der Waals surface area contributed by atoms with Gasteiger partial charge in [0.25, 0.3) is 0 Å². The van der Waals surface area contributed by atoms with Crippen molar-refractivity contribution >= 4 is 0 Å². The summed E-state index contributed by atoms with van der Waals surface area (Å²) >= 11 is 0. The van der Waals surface area contributed by atoms with E-state index in [0.717, 1.165) is 42.9 Å². The summed E-state index contributed by atoms with van der Waals surface area (Å²) in [6, 6.07) is 0. The molecule has 25 heavy (non-hydrogen) atoms. The first-order valence-electron chi connectivity index (χ1n) is 11.0. The molecule has 0 aromatic heterocycles. The Hall–Kier alpha value is -0.120. The van der Waals surface area contributed by atoms with Crippen molar-refractivity contribution in [3.05, 3.63) is 0 Å². The molecule has 8 unspecified atom stereocenters. The number of unbranched alkanes of at least 4 members (excludes halogenated alkanes) is 1. The van der Waals surface area contributed by atoms with Crippen molar-refractivity contribution in [2.24, 2.45) is 29.6 Å². The van der Waals surface area contributed by atoms with Crippen LogP contribution >= 0.6 is 0 Å². The second kappa shape index (κ2) is 9.19. The number of methoxy groups -OCH3 is 1. The maximum atomic E-state index is 9.79. The van der Waals surface area contributed by atoms with Crippen LogP contribution in [0.1, 0.15) is 84.0 Å². The van der Waals surface area contributed by atoms with Gasteiger partial charge in [0.2, 0.25) is 0 Å². The topological polar surface area (TPSA) is 49.7 Å². The molecule has 3 heteroatoms. The molecule has 4 fully saturated rings. The number of aliphatic hydroxyl groups excluding tert-OH is 2. The first-order chi connectivity index (χ1) is 12.1. The maximum Gasteiger partial charge on any atom is 0.0576 e. The minimum Gasteiger partial charge on any atom is -0.393 e. The molecule has 0 spiro atoms. The molecule has 0 saturated heterocycles. The van der Waals surface area contributed by atoms with Crippen LogP contribution in [0.2, 0.25) is 0 Å². The summed E-state index contributed by atoms with van der Waals surface area (Å²) in [5, 5.41) is 18.9. The van der Waals surface area contributed by atoms with Crippen LogP contribution in [0.5, 0.6) is 0 Å². The molecule has 4 rings (SSSR count). The standard InChI is InChI=1S/C15H28O2.C7H12O/c1-3-13(17-2)7-5-4-6-11-8-9-12-10-14(16)15(11)12;8-7-4-5-2-1-3-6(5)7/h11-16H,3-10H2,1-2H3;5-8H,1-4H2. The Morgan fingerprint density at radius 1 is 0.960 bits per heavy atom. The molecule has 146 valence electrons. The van der Waals surface area contributed by atoms with E-state index >= 15 is 0 Å². The molecule has 2 N–H and O–H groups in total. The first-order valence-corrected chi connectivity index (χ1v) is 11.0. The Labute approximate surface area is 154 Å². The van der Waals surface area contributed by atoms with Gasteiger partial charge in [-0.25, -0.2) is 0 Å². The van der Waals surface area contributed by atoms with E-state index in [4.69, 9.17) is 9.84 Å². The minimum absolute atomic E-state index is 0.0369. The smallest absolute Gasteiger partial charge is 0.0576 e. The summed E-state index contributed by atoms with van der Waals surface area (Å²) in [6.45, 7) is 2.19. The maximum absolute atomic E-state index is 9.79. The van der Waals surface area contributed by atoms with E-state index in [1.165, 1.54) is 57.8 Å². The third kappa shape index (κ3) is 4.59. The lowest BCUT2D eigenvalue weighted by atomic mass is 9.69. The molecule has 0 aromatic carbocycles. The van der Waals surface area contributed by atoms with Crippen molar-refractivity contribution in [3.8, 4) is 0 Å². The quantitative estimate of drug-likeness (QED) is 0.661. The molecule has 4 aliphatic carbocycles. The predicted molar refractivity (Wildman–Crippen MR) is 101 cm³/mol. The van der Waals surface area contributed by atoms with Crippen molar-refractivity contribution < 1.29 is 14.9 Å². The van der Waals surface area contributed by atoms with E-state index in [1.54, 1.807) is 0 Å². The molecule has 0 aliphatic heterocycles. The summed E-state index contributed by atoms with van der Waals surface area (Å²) in [5.41, 5.74) is 0. The van der Waals surface area contributed by atoms with Gasteiger partial charge in [-0.1, -0.05) is 32.6 Å². The fourth-order valence-electron chi connectivity index (χ4n) is 6.13. The van der Waals surface area contributed by atoms with Crippen LogP contribution in [-0.2, 0) is 4.74 Å². The highest BCUT2D eigenvalue weighted by atomic mass is 16.5. The normalized spacial score (nSPS) is 42.5. The largest absolute Gasteiger partial charge is 0.393 e. The van der Waals surface area contributed by atoms with Crippen LogP contribution in [-0.4, -0.2) is 35.6 Å². The van der Waals surface area contributed by atoms with Gasteiger partial charge in [0.1, 0.15) is 0 Å². The van der Waals surface area contributed by atoms with E-state index in [0.29, 0.717) is 12.0 Å². The van der Waals surface area contributed by atoms with Crippen LogP contribution in [0, 0.1) is 29.6 Å². The van der Waals surface area contributed by atoms with E-state index in [1.807, 2.05) is 7.11 Å². The molecule has 4 aliphatic rings. The number of hydrogen-bond acceptors (Lipinski definition) is 3. The van der Waals surface area contributed by atoms with Gasteiger partial charge < -0.3 is 14.9 Å². The summed E-state index contributed by atoms with van der Waals surface area (Å²) in [7, 11) is 1.82. The fourth-order valence-corrected chi connectivity index (χ4v) is 6.13. The second-order valence-electron chi connectivity index (χ2n) is 9.19. The van der Waals surface area contributed by atoms with Crippen LogP contribution in [0.15, 0.2) is 0 Å². The number of fused-ring (bicyclic) bond motifs is 2. The van der Waals surface area contributed by atoms with Gasteiger partial charge in [0.15, 0.2) is 0 Å². The van der Waals surface area contributed by atoms with Gasteiger partial charge in [0, 0.05) is 7.11 Å². The SMILES string of the molecule is CCC(CCCCC1CCC2CC(O)C12)OC.OC1CC2CCCC12. The van der Waals surface area contributed by atoms with Crippen molar-refractivity contribution in [1.82, 2.24) is 0 Å². The molecular weight excluding hydrogens is 312 g/mol. The van der Waals surface area contributed by atoms with Crippen LogP contribution < -0.4 is 0 Å². The second-order valence-corrected chi connectivity index (χ2v) is 9.19. The molecule has 0 heterocycles. The number of rotatable bonds is 7. The van der Waals surface area contributed by atoms with E-state index in [-0.39, 0.29) is 12.2 Å². The summed E-state index contributed by atoms with van der Waals surface area (Å²) < 4.78 is 5.40. The predicted octanol–water partition coefficient (Wildman–Crippen LogP) is 4.55. The first kappa shape index (κ1) is 19.6.